The lowest BCUT2D eigenvalue weighted by Gasteiger charge is -2.34. The first kappa shape index (κ1) is 19.2. The number of methoxy groups -OCH3 is 1. The average Bonchev–Trinajstić information content (AvgIpc) is 2.70. The van der Waals surface area contributed by atoms with Crippen LogP contribution in [0.25, 0.3) is 0 Å². The van der Waals surface area contributed by atoms with Gasteiger partial charge in [0.25, 0.3) is 0 Å². The first-order valence-corrected chi connectivity index (χ1v) is 9.31. The minimum absolute atomic E-state index is 0.115. The van der Waals surface area contributed by atoms with Crippen LogP contribution in [0.4, 0.5) is 0 Å². The van der Waals surface area contributed by atoms with E-state index in [1.165, 1.54) is 11.1 Å². The highest BCUT2D eigenvalue weighted by atomic mass is 16.5. The van der Waals surface area contributed by atoms with Crippen molar-refractivity contribution >= 4 is 0 Å². The topological polar surface area (TPSA) is 32.7 Å². The van der Waals surface area contributed by atoms with Gasteiger partial charge in [-0.2, -0.15) is 0 Å². The predicted molar refractivity (Wildman–Crippen MR) is 110 cm³/mol. The second-order valence-corrected chi connectivity index (χ2v) is 6.83. The minimum Gasteiger partial charge on any atom is -0.497 e. The van der Waals surface area contributed by atoms with Gasteiger partial charge in [0.15, 0.2) is 0 Å². The Bertz CT molecular complexity index is 759. The Hall–Kier alpha value is -2.62. The molecule has 0 aromatic heterocycles. The maximum atomic E-state index is 10.6. The van der Waals surface area contributed by atoms with Crippen molar-refractivity contribution in [3.8, 4) is 5.75 Å². The number of rotatable bonds is 8. The Labute approximate surface area is 161 Å². The van der Waals surface area contributed by atoms with Gasteiger partial charge in [-0.05, 0) is 35.7 Å². The van der Waals surface area contributed by atoms with Crippen LogP contribution in [0.3, 0.4) is 0 Å². The van der Waals surface area contributed by atoms with Crippen molar-refractivity contribution in [2.45, 2.75) is 32.2 Å². The Balaban J connectivity index is 1.93. The number of hydrogen-bond acceptors (Lipinski definition) is 3. The largest absolute Gasteiger partial charge is 0.497 e. The van der Waals surface area contributed by atoms with Crippen molar-refractivity contribution < 1.29 is 9.84 Å². The van der Waals surface area contributed by atoms with Crippen LogP contribution in [0.2, 0.25) is 0 Å². The standard InChI is InChI=1S/C24H27NO2/c1-19(26)24(22-13-15-23(27-2)16-14-22)25(17-20-9-5-3-6-10-20)18-21-11-7-4-8-12-21/h3-16,19,24,26H,17-18H2,1-2H3/t19-,24+/m1/s1. The number of aliphatic hydroxyl groups is 1. The molecule has 0 spiro atoms. The molecule has 0 saturated carbocycles. The number of hydrogen-bond donors (Lipinski definition) is 1. The second-order valence-electron chi connectivity index (χ2n) is 6.83. The molecular weight excluding hydrogens is 334 g/mol. The van der Waals surface area contributed by atoms with Crippen LogP contribution in [-0.4, -0.2) is 23.2 Å². The van der Waals surface area contributed by atoms with Crippen molar-refractivity contribution in [2.75, 3.05) is 7.11 Å². The Kier molecular flexibility index (Phi) is 6.64. The zero-order valence-electron chi connectivity index (χ0n) is 16.0. The summed E-state index contributed by atoms with van der Waals surface area (Å²) in [6, 6.07) is 28.7. The molecule has 0 heterocycles. The fourth-order valence-corrected chi connectivity index (χ4v) is 3.48. The van der Waals surface area contributed by atoms with Gasteiger partial charge in [-0.1, -0.05) is 72.8 Å². The molecule has 0 aliphatic carbocycles. The third kappa shape index (κ3) is 5.19. The maximum Gasteiger partial charge on any atom is 0.118 e. The van der Waals surface area contributed by atoms with E-state index in [-0.39, 0.29) is 6.04 Å². The maximum absolute atomic E-state index is 10.6. The molecule has 0 radical (unpaired) electrons. The zero-order chi connectivity index (χ0) is 19.1. The lowest BCUT2D eigenvalue weighted by atomic mass is 9.98. The molecule has 0 amide bonds. The Morgan fingerprint density at radius 1 is 0.778 bits per heavy atom. The molecule has 0 fully saturated rings. The van der Waals surface area contributed by atoms with Crippen LogP contribution in [0, 0.1) is 0 Å². The SMILES string of the molecule is COc1ccc([C@H]([C@@H](C)O)N(Cc2ccccc2)Cc2ccccc2)cc1. The van der Waals surface area contributed by atoms with E-state index in [1.807, 2.05) is 43.3 Å². The number of nitrogens with zero attached hydrogens (tertiary/aromatic N) is 1. The molecule has 0 bridgehead atoms. The van der Waals surface area contributed by atoms with E-state index in [4.69, 9.17) is 4.74 Å². The van der Waals surface area contributed by atoms with Crippen molar-refractivity contribution in [1.29, 1.82) is 0 Å². The zero-order valence-corrected chi connectivity index (χ0v) is 16.0. The summed E-state index contributed by atoms with van der Waals surface area (Å²) in [5.41, 5.74) is 3.54. The smallest absolute Gasteiger partial charge is 0.118 e. The molecule has 140 valence electrons. The molecule has 3 nitrogen and oxygen atoms in total. The van der Waals surface area contributed by atoms with Crippen LogP contribution >= 0.6 is 0 Å². The lowest BCUT2D eigenvalue weighted by Crippen LogP contribution is -2.34. The highest BCUT2D eigenvalue weighted by Gasteiger charge is 2.25. The Morgan fingerprint density at radius 2 is 1.26 bits per heavy atom. The molecule has 3 aromatic carbocycles. The lowest BCUT2D eigenvalue weighted by molar-refractivity contribution is 0.0498. The average molecular weight is 361 g/mol. The van der Waals surface area contributed by atoms with Gasteiger partial charge >= 0.3 is 0 Å². The molecule has 0 aliphatic heterocycles. The molecule has 3 aromatic rings. The number of ether oxygens (including phenoxy) is 1. The molecule has 3 heteroatoms. The van der Waals surface area contributed by atoms with E-state index >= 15 is 0 Å². The van der Waals surface area contributed by atoms with E-state index in [0.29, 0.717) is 0 Å². The summed E-state index contributed by atoms with van der Waals surface area (Å²) in [6.45, 7) is 3.38. The molecular formula is C24H27NO2. The minimum atomic E-state index is -0.509. The summed E-state index contributed by atoms with van der Waals surface area (Å²) in [6.07, 6.45) is -0.509. The van der Waals surface area contributed by atoms with Crippen molar-refractivity contribution in [2.24, 2.45) is 0 Å². The normalized spacial score (nSPS) is 13.3. The van der Waals surface area contributed by atoms with Gasteiger partial charge in [0.05, 0.1) is 19.3 Å². The third-order valence-electron chi connectivity index (χ3n) is 4.76. The van der Waals surface area contributed by atoms with Gasteiger partial charge < -0.3 is 9.84 Å². The third-order valence-corrected chi connectivity index (χ3v) is 4.76. The van der Waals surface area contributed by atoms with Gasteiger partial charge in [0.2, 0.25) is 0 Å². The van der Waals surface area contributed by atoms with Crippen molar-refractivity contribution in [1.82, 2.24) is 4.90 Å². The first-order valence-electron chi connectivity index (χ1n) is 9.31. The second kappa shape index (κ2) is 9.36. The summed E-state index contributed by atoms with van der Waals surface area (Å²) >= 11 is 0. The van der Waals surface area contributed by atoms with Crippen molar-refractivity contribution in [3.63, 3.8) is 0 Å². The number of benzene rings is 3. The van der Waals surface area contributed by atoms with E-state index in [1.54, 1.807) is 7.11 Å². The van der Waals surface area contributed by atoms with Gasteiger partial charge in [-0.3, -0.25) is 4.90 Å². The summed E-state index contributed by atoms with van der Waals surface area (Å²) in [5, 5.41) is 10.6. The van der Waals surface area contributed by atoms with Crippen LogP contribution in [0.5, 0.6) is 5.75 Å². The molecule has 3 rings (SSSR count). The predicted octanol–water partition coefficient (Wildman–Crippen LogP) is 4.82. The Morgan fingerprint density at radius 3 is 1.67 bits per heavy atom. The van der Waals surface area contributed by atoms with E-state index in [9.17, 15) is 5.11 Å². The highest BCUT2D eigenvalue weighted by molar-refractivity contribution is 5.30. The van der Waals surface area contributed by atoms with Gasteiger partial charge in [0.1, 0.15) is 5.75 Å². The summed E-state index contributed by atoms with van der Waals surface area (Å²) in [5.74, 6) is 0.820. The van der Waals surface area contributed by atoms with Gasteiger partial charge in [0, 0.05) is 13.1 Å². The highest BCUT2D eigenvalue weighted by Crippen LogP contribution is 2.29. The van der Waals surface area contributed by atoms with Gasteiger partial charge in [-0.15, -0.1) is 0 Å². The molecule has 1 N–H and O–H groups in total. The molecule has 0 unspecified atom stereocenters. The van der Waals surface area contributed by atoms with E-state index in [2.05, 4.69) is 53.4 Å². The molecule has 0 saturated heterocycles. The molecule has 0 aliphatic rings. The molecule has 2 atom stereocenters. The van der Waals surface area contributed by atoms with Crippen LogP contribution in [0.1, 0.15) is 29.7 Å². The number of aliphatic hydroxyl groups excluding tert-OH is 1. The molecule has 27 heavy (non-hydrogen) atoms. The fourth-order valence-electron chi connectivity index (χ4n) is 3.48. The fraction of sp³-hybridized carbons (Fsp3) is 0.250. The quantitative estimate of drug-likeness (QED) is 0.624. The summed E-state index contributed by atoms with van der Waals surface area (Å²) in [4.78, 5) is 2.33. The van der Waals surface area contributed by atoms with Crippen LogP contribution in [0.15, 0.2) is 84.9 Å². The van der Waals surface area contributed by atoms with Crippen molar-refractivity contribution in [3.05, 3.63) is 102 Å². The van der Waals surface area contributed by atoms with Gasteiger partial charge in [-0.25, -0.2) is 0 Å². The van der Waals surface area contributed by atoms with E-state index in [0.717, 1.165) is 24.4 Å². The van der Waals surface area contributed by atoms with Crippen LogP contribution < -0.4 is 4.74 Å². The summed E-state index contributed by atoms with van der Waals surface area (Å²) in [7, 11) is 1.66. The summed E-state index contributed by atoms with van der Waals surface area (Å²) < 4.78 is 5.29. The monoisotopic (exact) mass is 361 g/mol. The first-order chi connectivity index (χ1) is 13.2. The van der Waals surface area contributed by atoms with E-state index < -0.39 is 6.10 Å². The van der Waals surface area contributed by atoms with Crippen LogP contribution in [-0.2, 0) is 13.1 Å².